The van der Waals surface area contributed by atoms with Crippen molar-refractivity contribution in [2.24, 2.45) is 0 Å². The molecule has 0 radical (unpaired) electrons. The summed E-state index contributed by atoms with van der Waals surface area (Å²) < 4.78 is 0. The van der Waals surface area contributed by atoms with Crippen molar-refractivity contribution < 1.29 is 10.0 Å². The van der Waals surface area contributed by atoms with Gasteiger partial charge in [-0.2, -0.15) is 0 Å². The molecule has 1 saturated heterocycles. The molecule has 0 aliphatic carbocycles. The van der Waals surface area contributed by atoms with Crippen molar-refractivity contribution >= 4 is 24.1 Å². The molecule has 1 aliphatic heterocycles. The second kappa shape index (κ2) is 6.58. The molecular weight excluding hydrogens is 291 g/mol. The van der Waals surface area contributed by atoms with Gasteiger partial charge in [0, 0.05) is 43.5 Å². The van der Waals surface area contributed by atoms with Gasteiger partial charge in [-0.25, -0.2) is 4.98 Å². The standard InChI is InChI=1S/C16H21BN4O2/c1-20-6-8-21(9-7-20)14-4-2-12(3-5-14)13-10-15(17(22)23)16(18)19-11-13/h2-5,10-11,22-23H,6-9H2,1H3,(H2,18,19). The second-order valence-corrected chi connectivity index (χ2v) is 5.91. The number of nitrogens with two attached hydrogens (primary N) is 1. The molecule has 0 spiro atoms. The molecule has 23 heavy (non-hydrogen) atoms. The Bertz CT molecular complexity index is 670. The van der Waals surface area contributed by atoms with Crippen molar-refractivity contribution in [2.75, 3.05) is 43.9 Å². The summed E-state index contributed by atoms with van der Waals surface area (Å²) >= 11 is 0. The van der Waals surface area contributed by atoms with E-state index in [1.807, 2.05) is 12.1 Å². The van der Waals surface area contributed by atoms with E-state index >= 15 is 0 Å². The van der Waals surface area contributed by atoms with E-state index in [1.54, 1.807) is 12.3 Å². The molecule has 1 fully saturated rings. The van der Waals surface area contributed by atoms with E-state index in [0.717, 1.165) is 37.3 Å². The highest BCUT2D eigenvalue weighted by Crippen LogP contribution is 2.23. The maximum Gasteiger partial charge on any atom is 0.492 e. The topological polar surface area (TPSA) is 85.9 Å². The van der Waals surface area contributed by atoms with Crippen molar-refractivity contribution in [3.8, 4) is 11.1 Å². The minimum Gasteiger partial charge on any atom is -0.423 e. The molecule has 0 saturated carbocycles. The fourth-order valence-electron chi connectivity index (χ4n) is 2.79. The molecule has 3 rings (SSSR count). The van der Waals surface area contributed by atoms with E-state index in [9.17, 15) is 10.0 Å². The third-order valence-corrected chi connectivity index (χ3v) is 4.30. The average molecular weight is 312 g/mol. The Kier molecular flexibility index (Phi) is 4.52. The Labute approximate surface area is 136 Å². The van der Waals surface area contributed by atoms with Gasteiger partial charge in [0.1, 0.15) is 5.82 Å². The first-order valence-corrected chi connectivity index (χ1v) is 7.70. The molecule has 1 aromatic carbocycles. The first-order valence-electron chi connectivity index (χ1n) is 7.70. The number of likely N-dealkylation sites (N-methyl/N-ethyl adjacent to an activating group) is 1. The molecule has 0 amide bonds. The van der Waals surface area contributed by atoms with Crippen LogP contribution >= 0.6 is 0 Å². The highest BCUT2D eigenvalue weighted by Gasteiger charge is 2.17. The van der Waals surface area contributed by atoms with Crippen molar-refractivity contribution in [3.63, 3.8) is 0 Å². The third kappa shape index (κ3) is 3.47. The Balaban J connectivity index is 1.81. The van der Waals surface area contributed by atoms with Crippen LogP contribution in [0.4, 0.5) is 11.5 Å². The Morgan fingerprint density at radius 3 is 2.30 bits per heavy atom. The second-order valence-electron chi connectivity index (χ2n) is 5.91. The summed E-state index contributed by atoms with van der Waals surface area (Å²) in [7, 11) is 0.522. The van der Waals surface area contributed by atoms with E-state index in [4.69, 9.17) is 5.73 Å². The molecule has 7 heteroatoms. The smallest absolute Gasteiger partial charge is 0.423 e. The van der Waals surface area contributed by atoms with Crippen LogP contribution in [0.1, 0.15) is 0 Å². The molecule has 1 aliphatic rings. The highest BCUT2D eigenvalue weighted by atomic mass is 16.4. The monoisotopic (exact) mass is 312 g/mol. The lowest BCUT2D eigenvalue weighted by Crippen LogP contribution is -2.44. The molecule has 120 valence electrons. The van der Waals surface area contributed by atoms with Crippen LogP contribution < -0.4 is 16.1 Å². The number of benzene rings is 1. The molecule has 4 N–H and O–H groups in total. The maximum absolute atomic E-state index is 9.34. The largest absolute Gasteiger partial charge is 0.492 e. The zero-order valence-electron chi connectivity index (χ0n) is 13.2. The molecule has 0 bridgehead atoms. The predicted octanol–water partition coefficient (Wildman–Crippen LogP) is -0.238. The van der Waals surface area contributed by atoms with Crippen molar-refractivity contribution in [3.05, 3.63) is 36.5 Å². The number of hydrogen-bond donors (Lipinski definition) is 3. The number of pyridine rings is 1. The molecular formula is C16H21BN4O2. The fourth-order valence-corrected chi connectivity index (χ4v) is 2.79. The van der Waals surface area contributed by atoms with Gasteiger partial charge in [-0.3, -0.25) is 0 Å². The zero-order chi connectivity index (χ0) is 16.4. The van der Waals surface area contributed by atoms with E-state index in [-0.39, 0.29) is 11.3 Å². The number of hydrogen-bond acceptors (Lipinski definition) is 6. The number of rotatable bonds is 3. The van der Waals surface area contributed by atoms with Gasteiger partial charge in [0.05, 0.1) is 0 Å². The van der Waals surface area contributed by atoms with Gasteiger partial charge in [-0.15, -0.1) is 0 Å². The summed E-state index contributed by atoms with van der Waals surface area (Å²) in [6.07, 6.45) is 1.64. The summed E-state index contributed by atoms with van der Waals surface area (Å²) in [5.41, 5.74) is 8.87. The SMILES string of the molecule is CN1CCN(c2ccc(-c3cnc(N)c(B(O)O)c3)cc2)CC1. The van der Waals surface area contributed by atoms with E-state index in [1.165, 1.54) is 5.69 Å². The lowest BCUT2D eigenvalue weighted by Gasteiger charge is -2.34. The van der Waals surface area contributed by atoms with Crippen LogP contribution in [0.2, 0.25) is 0 Å². The summed E-state index contributed by atoms with van der Waals surface area (Å²) in [5, 5.41) is 18.7. The van der Waals surface area contributed by atoms with Crippen molar-refractivity contribution in [1.29, 1.82) is 0 Å². The minimum absolute atomic E-state index is 0.137. The molecule has 6 nitrogen and oxygen atoms in total. The number of aromatic nitrogens is 1. The van der Waals surface area contributed by atoms with Crippen LogP contribution in [-0.2, 0) is 0 Å². The summed E-state index contributed by atoms with van der Waals surface area (Å²) in [6.45, 7) is 4.20. The van der Waals surface area contributed by atoms with Gasteiger partial charge < -0.3 is 25.6 Å². The number of piperazine rings is 1. The predicted molar refractivity (Wildman–Crippen MR) is 93.6 cm³/mol. The van der Waals surface area contributed by atoms with Gasteiger partial charge in [0.25, 0.3) is 0 Å². The van der Waals surface area contributed by atoms with E-state index in [0.29, 0.717) is 0 Å². The van der Waals surface area contributed by atoms with Gasteiger partial charge in [0.2, 0.25) is 0 Å². The van der Waals surface area contributed by atoms with Gasteiger partial charge in [0.15, 0.2) is 0 Å². The van der Waals surface area contributed by atoms with Gasteiger partial charge >= 0.3 is 7.12 Å². The van der Waals surface area contributed by atoms with E-state index < -0.39 is 7.12 Å². The van der Waals surface area contributed by atoms with Crippen LogP contribution in [0, 0.1) is 0 Å². The lowest BCUT2D eigenvalue weighted by molar-refractivity contribution is 0.313. The van der Waals surface area contributed by atoms with Crippen LogP contribution in [0.5, 0.6) is 0 Å². The molecule has 2 aromatic rings. The van der Waals surface area contributed by atoms with Gasteiger partial charge in [-0.1, -0.05) is 12.1 Å². The number of anilines is 2. The summed E-state index contributed by atoms with van der Waals surface area (Å²) in [6, 6.07) is 9.89. The maximum atomic E-state index is 9.34. The molecule has 1 aromatic heterocycles. The fraction of sp³-hybridized carbons (Fsp3) is 0.312. The molecule has 2 heterocycles. The first kappa shape index (κ1) is 15.8. The van der Waals surface area contributed by atoms with Crippen LogP contribution in [0.3, 0.4) is 0 Å². The molecule has 0 unspecified atom stereocenters. The van der Waals surface area contributed by atoms with Crippen LogP contribution in [0.15, 0.2) is 36.5 Å². The third-order valence-electron chi connectivity index (χ3n) is 4.30. The molecule has 0 atom stereocenters. The van der Waals surface area contributed by atoms with Crippen LogP contribution in [-0.4, -0.2) is 60.3 Å². The van der Waals surface area contributed by atoms with Crippen molar-refractivity contribution in [2.45, 2.75) is 0 Å². The van der Waals surface area contributed by atoms with Crippen LogP contribution in [0.25, 0.3) is 11.1 Å². The van der Waals surface area contributed by atoms with E-state index in [2.05, 4.69) is 34.0 Å². The summed E-state index contributed by atoms with van der Waals surface area (Å²) in [4.78, 5) is 8.73. The van der Waals surface area contributed by atoms with Gasteiger partial charge in [-0.05, 0) is 36.4 Å². The quantitative estimate of drug-likeness (QED) is 0.679. The minimum atomic E-state index is -1.62. The average Bonchev–Trinajstić information content (AvgIpc) is 2.56. The number of nitrogen functional groups attached to an aromatic ring is 1. The normalized spacial score (nSPS) is 15.7. The number of nitrogens with zero attached hydrogens (tertiary/aromatic N) is 3. The Morgan fingerprint density at radius 2 is 1.70 bits per heavy atom. The Hall–Kier alpha value is -2.09. The van der Waals surface area contributed by atoms with Crippen molar-refractivity contribution in [1.82, 2.24) is 9.88 Å². The first-order chi connectivity index (χ1) is 11.0. The Morgan fingerprint density at radius 1 is 1.04 bits per heavy atom. The lowest BCUT2D eigenvalue weighted by atomic mass is 9.79. The highest BCUT2D eigenvalue weighted by molar-refractivity contribution is 6.60. The summed E-state index contributed by atoms with van der Waals surface area (Å²) in [5.74, 6) is 0.137. The zero-order valence-corrected chi connectivity index (χ0v) is 13.2.